The van der Waals surface area contributed by atoms with Gasteiger partial charge in [-0.15, -0.1) is 11.3 Å². The SMILES string of the molecule is Cc1sccc1C(NN)c1cc(C(F)(F)F)ccc1Br. The zero-order chi connectivity index (χ0) is 14.9. The van der Waals surface area contributed by atoms with Gasteiger partial charge in [-0.05, 0) is 47.7 Å². The Labute approximate surface area is 126 Å². The van der Waals surface area contributed by atoms with E-state index in [1.165, 1.54) is 17.4 Å². The molecule has 1 atom stereocenters. The lowest BCUT2D eigenvalue weighted by atomic mass is 9.98. The van der Waals surface area contributed by atoms with Gasteiger partial charge < -0.3 is 0 Å². The maximum absolute atomic E-state index is 12.8. The highest BCUT2D eigenvalue weighted by Gasteiger charge is 2.32. The van der Waals surface area contributed by atoms with Crippen LogP contribution in [-0.2, 0) is 6.18 Å². The Morgan fingerprint density at radius 2 is 1.95 bits per heavy atom. The molecule has 108 valence electrons. The van der Waals surface area contributed by atoms with Crippen LogP contribution in [0.5, 0.6) is 0 Å². The maximum Gasteiger partial charge on any atom is 0.416 e. The first-order valence-electron chi connectivity index (χ1n) is 5.71. The second-order valence-corrected chi connectivity index (χ2v) is 6.24. The van der Waals surface area contributed by atoms with Crippen molar-refractivity contribution in [3.05, 3.63) is 55.7 Å². The van der Waals surface area contributed by atoms with Crippen molar-refractivity contribution < 1.29 is 13.2 Å². The van der Waals surface area contributed by atoms with Crippen LogP contribution >= 0.6 is 27.3 Å². The van der Waals surface area contributed by atoms with E-state index >= 15 is 0 Å². The first kappa shape index (κ1) is 15.5. The Morgan fingerprint density at radius 1 is 1.25 bits per heavy atom. The van der Waals surface area contributed by atoms with Gasteiger partial charge in [0, 0.05) is 9.35 Å². The average molecular weight is 365 g/mol. The lowest BCUT2D eigenvalue weighted by Gasteiger charge is -2.19. The zero-order valence-corrected chi connectivity index (χ0v) is 12.9. The number of thiophene rings is 1. The minimum Gasteiger partial charge on any atom is -0.271 e. The normalized spacial score (nSPS) is 13.5. The molecule has 0 saturated carbocycles. The Hall–Kier alpha value is -0.890. The van der Waals surface area contributed by atoms with E-state index in [0.29, 0.717) is 10.0 Å². The molecule has 1 aromatic carbocycles. The number of aryl methyl sites for hydroxylation is 1. The number of hydrogen-bond donors (Lipinski definition) is 2. The Balaban J connectivity index is 2.52. The third-order valence-corrected chi connectivity index (χ3v) is 4.59. The third-order valence-electron chi connectivity index (χ3n) is 3.01. The molecule has 1 heterocycles. The van der Waals surface area contributed by atoms with Gasteiger partial charge in [-0.1, -0.05) is 15.9 Å². The van der Waals surface area contributed by atoms with Crippen LogP contribution in [-0.4, -0.2) is 0 Å². The van der Waals surface area contributed by atoms with E-state index in [9.17, 15) is 13.2 Å². The van der Waals surface area contributed by atoms with E-state index < -0.39 is 17.8 Å². The molecule has 2 rings (SSSR count). The predicted molar refractivity (Wildman–Crippen MR) is 77.4 cm³/mol. The second kappa shape index (κ2) is 5.85. The van der Waals surface area contributed by atoms with Crippen LogP contribution in [0.4, 0.5) is 13.2 Å². The van der Waals surface area contributed by atoms with E-state index in [2.05, 4.69) is 21.4 Å². The maximum atomic E-state index is 12.8. The summed E-state index contributed by atoms with van der Waals surface area (Å²) in [6, 6.07) is 4.92. The van der Waals surface area contributed by atoms with Gasteiger partial charge in [0.2, 0.25) is 0 Å². The van der Waals surface area contributed by atoms with Crippen molar-refractivity contribution >= 4 is 27.3 Å². The highest BCUT2D eigenvalue weighted by atomic mass is 79.9. The summed E-state index contributed by atoms with van der Waals surface area (Å²) < 4.78 is 39.1. The molecule has 7 heteroatoms. The van der Waals surface area contributed by atoms with E-state index in [1.807, 2.05) is 18.4 Å². The van der Waals surface area contributed by atoms with Crippen LogP contribution in [0.25, 0.3) is 0 Å². The van der Waals surface area contributed by atoms with Crippen LogP contribution in [0.2, 0.25) is 0 Å². The van der Waals surface area contributed by atoms with Crippen molar-refractivity contribution in [2.24, 2.45) is 5.84 Å². The summed E-state index contributed by atoms with van der Waals surface area (Å²) in [6.45, 7) is 1.91. The fourth-order valence-corrected chi connectivity index (χ4v) is 3.20. The first-order valence-corrected chi connectivity index (χ1v) is 7.38. The summed E-state index contributed by atoms with van der Waals surface area (Å²) >= 11 is 4.81. The fourth-order valence-electron chi connectivity index (χ4n) is 1.98. The Morgan fingerprint density at radius 3 is 2.45 bits per heavy atom. The largest absolute Gasteiger partial charge is 0.416 e. The smallest absolute Gasteiger partial charge is 0.271 e. The third kappa shape index (κ3) is 3.06. The van der Waals surface area contributed by atoms with Gasteiger partial charge >= 0.3 is 6.18 Å². The van der Waals surface area contributed by atoms with Gasteiger partial charge in [0.1, 0.15) is 0 Å². The lowest BCUT2D eigenvalue weighted by Crippen LogP contribution is -2.29. The van der Waals surface area contributed by atoms with Crippen molar-refractivity contribution in [3.63, 3.8) is 0 Å². The van der Waals surface area contributed by atoms with Crippen molar-refractivity contribution in [1.29, 1.82) is 0 Å². The molecule has 3 N–H and O–H groups in total. The number of hydrazine groups is 1. The van der Waals surface area contributed by atoms with E-state index in [4.69, 9.17) is 5.84 Å². The van der Waals surface area contributed by atoms with Gasteiger partial charge in [-0.3, -0.25) is 5.84 Å². The summed E-state index contributed by atoms with van der Waals surface area (Å²) in [5.74, 6) is 5.55. The van der Waals surface area contributed by atoms with Crippen LogP contribution in [0.15, 0.2) is 34.1 Å². The molecule has 0 aliphatic heterocycles. The summed E-state index contributed by atoms with van der Waals surface area (Å²) in [6.07, 6.45) is -4.38. The van der Waals surface area contributed by atoms with Crippen molar-refractivity contribution in [1.82, 2.24) is 5.43 Å². The number of benzene rings is 1. The van der Waals surface area contributed by atoms with E-state index in [1.54, 1.807) is 0 Å². The molecule has 2 nitrogen and oxygen atoms in total. The van der Waals surface area contributed by atoms with Gasteiger partial charge in [0.05, 0.1) is 11.6 Å². The molecular formula is C13H12BrF3N2S. The second-order valence-electron chi connectivity index (χ2n) is 4.27. The molecule has 0 spiro atoms. The molecule has 0 saturated heterocycles. The topological polar surface area (TPSA) is 38.0 Å². The van der Waals surface area contributed by atoms with Crippen LogP contribution in [0.1, 0.15) is 27.6 Å². The van der Waals surface area contributed by atoms with Crippen LogP contribution < -0.4 is 11.3 Å². The Bertz CT molecular complexity index is 610. The number of hydrogen-bond acceptors (Lipinski definition) is 3. The standard InChI is InChI=1S/C13H12BrF3N2S/c1-7-9(4-5-20-7)12(19-18)10-6-8(13(15,16)17)2-3-11(10)14/h2-6,12,19H,18H2,1H3. The summed E-state index contributed by atoms with van der Waals surface area (Å²) in [5.41, 5.74) is 3.23. The minimum absolute atomic E-state index is 0.462. The van der Waals surface area contributed by atoms with Crippen molar-refractivity contribution in [2.45, 2.75) is 19.1 Å². The summed E-state index contributed by atoms with van der Waals surface area (Å²) in [5, 5.41) is 1.89. The van der Waals surface area contributed by atoms with Gasteiger partial charge in [-0.25, -0.2) is 5.43 Å². The van der Waals surface area contributed by atoms with Crippen LogP contribution in [0.3, 0.4) is 0 Å². The molecule has 2 aromatic rings. The summed E-state index contributed by atoms with van der Waals surface area (Å²) in [7, 11) is 0. The summed E-state index contributed by atoms with van der Waals surface area (Å²) in [4.78, 5) is 1.01. The molecule has 0 aliphatic rings. The first-order chi connectivity index (χ1) is 9.34. The van der Waals surface area contributed by atoms with Gasteiger partial charge in [0.15, 0.2) is 0 Å². The average Bonchev–Trinajstić information content (AvgIpc) is 2.78. The van der Waals surface area contributed by atoms with Crippen molar-refractivity contribution in [2.75, 3.05) is 0 Å². The highest BCUT2D eigenvalue weighted by Crippen LogP contribution is 2.36. The monoisotopic (exact) mass is 364 g/mol. The number of alkyl halides is 3. The lowest BCUT2D eigenvalue weighted by molar-refractivity contribution is -0.137. The molecule has 1 unspecified atom stereocenters. The molecular weight excluding hydrogens is 353 g/mol. The number of halogens is 4. The Kier molecular flexibility index (Phi) is 4.53. The minimum atomic E-state index is -4.38. The molecule has 0 aliphatic carbocycles. The predicted octanol–water partition coefficient (Wildman–Crippen LogP) is 4.39. The van der Waals surface area contributed by atoms with E-state index in [-0.39, 0.29) is 0 Å². The highest BCUT2D eigenvalue weighted by molar-refractivity contribution is 9.10. The van der Waals surface area contributed by atoms with Gasteiger partial charge in [-0.2, -0.15) is 13.2 Å². The molecule has 0 fully saturated rings. The quantitative estimate of drug-likeness (QED) is 0.626. The molecule has 0 amide bonds. The fraction of sp³-hybridized carbons (Fsp3) is 0.231. The number of nitrogens with two attached hydrogens (primary N) is 1. The molecule has 1 aromatic heterocycles. The zero-order valence-electron chi connectivity index (χ0n) is 10.5. The number of nitrogens with one attached hydrogen (secondary N) is 1. The van der Waals surface area contributed by atoms with Crippen molar-refractivity contribution in [3.8, 4) is 0 Å². The number of rotatable bonds is 3. The molecule has 0 bridgehead atoms. The molecule has 20 heavy (non-hydrogen) atoms. The van der Waals surface area contributed by atoms with Crippen LogP contribution in [0, 0.1) is 6.92 Å². The van der Waals surface area contributed by atoms with Gasteiger partial charge in [0.25, 0.3) is 0 Å². The van der Waals surface area contributed by atoms with E-state index in [0.717, 1.165) is 22.6 Å². The molecule has 0 radical (unpaired) electrons.